The predicted octanol–water partition coefficient (Wildman–Crippen LogP) is 3.16. The number of thiophene rings is 1. The fourth-order valence-corrected chi connectivity index (χ4v) is 2.60. The Balaban J connectivity index is 1.87. The van der Waals surface area contributed by atoms with Crippen LogP contribution >= 0.6 is 11.3 Å². The third kappa shape index (κ3) is 3.41. The molecule has 0 atom stereocenters. The van der Waals surface area contributed by atoms with E-state index in [9.17, 15) is 0 Å². The van der Waals surface area contributed by atoms with Crippen molar-refractivity contribution in [3.05, 3.63) is 29.9 Å². The monoisotopic (exact) mass is 250 g/mol. The summed E-state index contributed by atoms with van der Waals surface area (Å²) in [5, 5.41) is 10.8. The highest BCUT2D eigenvalue weighted by molar-refractivity contribution is 7.13. The lowest BCUT2D eigenvalue weighted by Gasteiger charge is -2.06. The van der Waals surface area contributed by atoms with Crippen molar-refractivity contribution in [2.45, 2.75) is 32.2 Å². The quantitative estimate of drug-likeness (QED) is 0.766. The maximum Gasteiger partial charge on any atom is 0.149 e. The van der Waals surface area contributed by atoms with Crippen molar-refractivity contribution in [1.82, 2.24) is 9.55 Å². The number of unbranched alkanes of at least 4 members (excludes halogenated alkanes) is 3. The van der Waals surface area contributed by atoms with E-state index in [-0.39, 0.29) is 0 Å². The molecule has 2 heterocycles. The number of rotatable bonds is 7. The third-order valence-corrected chi connectivity index (χ3v) is 3.63. The lowest BCUT2D eigenvalue weighted by Crippen LogP contribution is -1.99. The van der Waals surface area contributed by atoms with Gasteiger partial charge in [0.05, 0.1) is 4.88 Å². The van der Waals surface area contributed by atoms with Crippen LogP contribution in [0, 0.1) is 0 Å². The Morgan fingerprint density at radius 1 is 1.24 bits per heavy atom. The Bertz CT molecular complexity index is 422. The van der Waals surface area contributed by atoms with E-state index in [1.54, 1.807) is 11.3 Å². The SMILES string of the molecule is OCCCCCCn1ccnc1-c1cccs1. The zero-order chi connectivity index (χ0) is 11.9. The number of hydrogen-bond acceptors (Lipinski definition) is 3. The van der Waals surface area contributed by atoms with Crippen LogP contribution in [0.2, 0.25) is 0 Å². The molecular formula is C13H18N2OS. The zero-order valence-electron chi connectivity index (χ0n) is 9.88. The van der Waals surface area contributed by atoms with Crippen molar-refractivity contribution in [2.24, 2.45) is 0 Å². The van der Waals surface area contributed by atoms with Crippen LogP contribution in [0.1, 0.15) is 25.7 Å². The van der Waals surface area contributed by atoms with E-state index in [0.29, 0.717) is 6.61 Å². The second-order valence-corrected chi connectivity index (χ2v) is 5.01. The van der Waals surface area contributed by atoms with E-state index in [4.69, 9.17) is 5.11 Å². The molecule has 0 radical (unpaired) electrons. The number of aromatic nitrogens is 2. The molecular weight excluding hydrogens is 232 g/mol. The number of hydrogen-bond donors (Lipinski definition) is 1. The molecule has 92 valence electrons. The van der Waals surface area contributed by atoms with Crippen LogP contribution in [0.3, 0.4) is 0 Å². The van der Waals surface area contributed by atoms with Gasteiger partial charge in [-0.15, -0.1) is 11.3 Å². The number of aliphatic hydroxyl groups excluding tert-OH is 1. The van der Waals surface area contributed by atoms with Gasteiger partial charge in [-0.05, 0) is 24.3 Å². The summed E-state index contributed by atoms with van der Waals surface area (Å²) in [4.78, 5) is 5.63. The lowest BCUT2D eigenvalue weighted by molar-refractivity contribution is 0.282. The molecule has 0 aliphatic heterocycles. The topological polar surface area (TPSA) is 38.0 Å². The van der Waals surface area contributed by atoms with E-state index in [0.717, 1.165) is 31.6 Å². The molecule has 0 saturated heterocycles. The molecule has 2 aromatic heterocycles. The summed E-state index contributed by atoms with van der Waals surface area (Å²) >= 11 is 1.73. The Kier molecular flexibility index (Phi) is 4.76. The molecule has 0 aromatic carbocycles. The largest absolute Gasteiger partial charge is 0.396 e. The number of aryl methyl sites for hydroxylation is 1. The van der Waals surface area contributed by atoms with Gasteiger partial charge in [-0.25, -0.2) is 4.98 Å². The Labute approximate surface area is 106 Å². The minimum absolute atomic E-state index is 0.311. The zero-order valence-corrected chi connectivity index (χ0v) is 10.7. The molecule has 4 heteroatoms. The average molecular weight is 250 g/mol. The molecule has 0 saturated carbocycles. The van der Waals surface area contributed by atoms with Crippen molar-refractivity contribution in [3.8, 4) is 10.7 Å². The number of nitrogens with zero attached hydrogens (tertiary/aromatic N) is 2. The molecule has 0 bridgehead atoms. The van der Waals surface area contributed by atoms with Gasteiger partial charge in [0, 0.05) is 25.5 Å². The van der Waals surface area contributed by atoms with Crippen LogP contribution in [0.4, 0.5) is 0 Å². The Morgan fingerprint density at radius 2 is 2.12 bits per heavy atom. The summed E-state index contributed by atoms with van der Waals surface area (Å²) < 4.78 is 2.21. The van der Waals surface area contributed by atoms with E-state index < -0.39 is 0 Å². The van der Waals surface area contributed by atoms with Crippen LogP contribution in [-0.4, -0.2) is 21.3 Å². The predicted molar refractivity (Wildman–Crippen MR) is 71.1 cm³/mol. The van der Waals surface area contributed by atoms with Gasteiger partial charge in [0.1, 0.15) is 5.82 Å². The van der Waals surface area contributed by atoms with Gasteiger partial charge in [0.15, 0.2) is 0 Å². The number of aliphatic hydroxyl groups is 1. The molecule has 2 rings (SSSR count). The summed E-state index contributed by atoms with van der Waals surface area (Å²) in [5.74, 6) is 1.07. The lowest BCUT2D eigenvalue weighted by atomic mass is 10.2. The Hall–Kier alpha value is -1.13. The van der Waals surface area contributed by atoms with Gasteiger partial charge < -0.3 is 9.67 Å². The van der Waals surface area contributed by atoms with E-state index in [1.807, 2.05) is 12.4 Å². The summed E-state index contributed by atoms with van der Waals surface area (Å²) in [6, 6.07) is 4.16. The average Bonchev–Trinajstić information content (AvgIpc) is 2.98. The summed E-state index contributed by atoms with van der Waals surface area (Å²) in [5.41, 5.74) is 0. The highest BCUT2D eigenvalue weighted by Crippen LogP contribution is 2.23. The van der Waals surface area contributed by atoms with Crippen LogP contribution in [0.15, 0.2) is 29.9 Å². The highest BCUT2D eigenvalue weighted by atomic mass is 32.1. The van der Waals surface area contributed by atoms with E-state index in [2.05, 4.69) is 27.1 Å². The van der Waals surface area contributed by atoms with Crippen LogP contribution < -0.4 is 0 Å². The van der Waals surface area contributed by atoms with Crippen molar-refractivity contribution < 1.29 is 5.11 Å². The molecule has 0 aliphatic carbocycles. The molecule has 1 N–H and O–H groups in total. The first-order chi connectivity index (χ1) is 8.42. The summed E-state index contributed by atoms with van der Waals surface area (Å²) in [7, 11) is 0. The smallest absolute Gasteiger partial charge is 0.149 e. The second-order valence-electron chi connectivity index (χ2n) is 4.06. The maximum absolute atomic E-state index is 8.70. The van der Waals surface area contributed by atoms with Gasteiger partial charge in [-0.1, -0.05) is 18.9 Å². The van der Waals surface area contributed by atoms with Crippen molar-refractivity contribution in [3.63, 3.8) is 0 Å². The molecule has 0 aliphatic rings. The van der Waals surface area contributed by atoms with Crippen LogP contribution in [0.25, 0.3) is 10.7 Å². The minimum Gasteiger partial charge on any atom is -0.396 e. The first-order valence-electron chi connectivity index (χ1n) is 6.07. The molecule has 3 nitrogen and oxygen atoms in total. The standard InChI is InChI=1S/C13H18N2OS/c16-10-4-2-1-3-8-15-9-7-14-13(15)12-6-5-11-17-12/h5-7,9,11,16H,1-4,8,10H2. The van der Waals surface area contributed by atoms with Gasteiger partial charge in [0.25, 0.3) is 0 Å². The first-order valence-corrected chi connectivity index (χ1v) is 6.95. The van der Waals surface area contributed by atoms with E-state index in [1.165, 1.54) is 11.3 Å². The fourth-order valence-electron chi connectivity index (χ4n) is 1.87. The normalized spacial score (nSPS) is 10.9. The van der Waals surface area contributed by atoms with Gasteiger partial charge in [-0.2, -0.15) is 0 Å². The van der Waals surface area contributed by atoms with Crippen LogP contribution in [-0.2, 0) is 6.54 Å². The van der Waals surface area contributed by atoms with Gasteiger partial charge >= 0.3 is 0 Å². The molecule has 17 heavy (non-hydrogen) atoms. The van der Waals surface area contributed by atoms with Crippen molar-refractivity contribution in [1.29, 1.82) is 0 Å². The summed E-state index contributed by atoms with van der Waals surface area (Å²) in [6.45, 7) is 1.32. The maximum atomic E-state index is 8.70. The van der Waals surface area contributed by atoms with E-state index >= 15 is 0 Å². The van der Waals surface area contributed by atoms with Gasteiger partial charge in [-0.3, -0.25) is 0 Å². The van der Waals surface area contributed by atoms with Crippen molar-refractivity contribution in [2.75, 3.05) is 6.61 Å². The molecule has 0 amide bonds. The van der Waals surface area contributed by atoms with Crippen molar-refractivity contribution >= 4 is 11.3 Å². The molecule has 0 fully saturated rings. The third-order valence-electron chi connectivity index (χ3n) is 2.76. The first kappa shape index (κ1) is 12.3. The number of imidazole rings is 1. The molecule has 0 unspecified atom stereocenters. The minimum atomic E-state index is 0.311. The fraction of sp³-hybridized carbons (Fsp3) is 0.462. The second kappa shape index (κ2) is 6.57. The highest BCUT2D eigenvalue weighted by Gasteiger charge is 2.05. The molecule has 0 spiro atoms. The van der Waals surface area contributed by atoms with Gasteiger partial charge in [0.2, 0.25) is 0 Å². The molecule has 2 aromatic rings. The van der Waals surface area contributed by atoms with Crippen LogP contribution in [0.5, 0.6) is 0 Å². The summed E-state index contributed by atoms with van der Waals surface area (Å²) in [6.07, 6.45) is 8.25. The Morgan fingerprint density at radius 3 is 2.88 bits per heavy atom.